The molecule has 1 amide bonds. The number of allylic oxidation sites excluding steroid dienone is 1. The highest BCUT2D eigenvalue weighted by Crippen LogP contribution is 2.33. The van der Waals surface area contributed by atoms with Crippen molar-refractivity contribution in [1.29, 1.82) is 0 Å². The van der Waals surface area contributed by atoms with Crippen molar-refractivity contribution in [2.45, 2.75) is 18.9 Å². The van der Waals surface area contributed by atoms with E-state index in [0.717, 1.165) is 5.56 Å². The van der Waals surface area contributed by atoms with Gasteiger partial charge in [-0.1, -0.05) is 6.08 Å². The lowest BCUT2D eigenvalue weighted by Gasteiger charge is -2.16. The molecule has 2 rings (SSSR count). The summed E-state index contributed by atoms with van der Waals surface area (Å²) in [6.07, 6.45) is 2.68. The summed E-state index contributed by atoms with van der Waals surface area (Å²) >= 11 is 0. The monoisotopic (exact) mass is 339 g/mol. The number of ether oxygens (including phenoxy) is 2. The fourth-order valence-corrected chi connectivity index (χ4v) is 4.33. The maximum absolute atomic E-state index is 12.4. The third-order valence-electron chi connectivity index (χ3n) is 3.75. The highest BCUT2D eigenvalue weighted by Gasteiger charge is 2.29. The zero-order chi connectivity index (χ0) is 17.0. The molecule has 126 valence electrons. The van der Waals surface area contributed by atoms with Crippen molar-refractivity contribution in [2.24, 2.45) is 0 Å². The van der Waals surface area contributed by atoms with Crippen LogP contribution in [0.15, 0.2) is 24.8 Å². The van der Waals surface area contributed by atoms with E-state index in [2.05, 4.69) is 11.9 Å². The number of benzene rings is 1. The van der Waals surface area contributed by atoms with Crippen LogP contribution in [-0.4, -0.2) is 46.1 Å². The molecular formula is C16H21NO5S. The van der Waals surface area contributed by atoms with Crippen molar-refractivity contribution in [3.8, 4) is 11.5 Å². The fourth-order valence-electron chi connectivity index (χ4n) is 2.66. The molecule has 6 nitrogen and oxygen atoms in total. The van der Waals surface area contributed by atoms with Gasteiger partial charge in [-0.05, 0) is 25.0 Å². The van der Waals surface area contributed by atoms with Gasteiger partial charge in [0.05, 0.1) is 25.7 Å². The standard InChI is InChI=1S/C16H21NO5S/c1-4-5-11-8-12(9-14(21-2)15(11)22-3)16(18)17-13-6-7-23(19,20)10-13/h4,8-9,13H,1,5-7,10H2,2-3H3,(H,17,18). The Bertz CT molecular complexity index is 711. The molecule has 1 aromatic rings. The van der Waals surface area contributed by atoms with Gasteiger partial charge in [-0.25, -0.2) is 8.42 Å². The highest BCUT2D eigenvalue weighted by molar-refractivity contribution is 7.91. The van der Waals surface area contributed by atoms with Crippen LogP contribution < -0.4 is 14.8 Å². The Morgan fingerprint density at radius 1 is 1.39 bits per heavy atom. The maximum atomic E-state index is 12.4. The van der Waals surface area contributed by atoms with Crippen LogP contribution in [0.2, 0.25) is 0 Å². The van der Waals surface area contributed by atoms with Gasteiger partial charge in [-0.3, -0.25) is 4.79 Å². The van der Waals surface area contributed by atoms with Crippen molar-refractivity contribution < 1.29 is 22.7 Å². The average molecular weight is 339 g/mol. The molecule has 0 saturated carbocycles. The lowest BCUT2D eigenvalue weighted by atomic mass is 10.0. The summed E-state index contributed by atoms with van der Waals surface area (Å²) in [4.78, 5) is 12.4. The number of rotatable bonds is 6. The molecule has 1 unspecified atom stereocenters. The molecule has 0 bridgehead atoms. The summed E-state index contributed by atoms with van der Waals surface area (Å²) in [5.41, 5.74) is 1.19. The predicted molar refractivity (Wildman–Crippen MR) is 88.0 cm³/mol. The summed E-state index contributed by atoms with van der Waals surface area (Å²) in [7, 11) is -0.000173. The van der Waals surface area contributed by atoms with Gasteiger partial charge in [-0.2, -0.15) is 0 Å². The Kier molecular flexibility index (Phi) is 5.30. The first-order chi connectivity index (χ1) is 10.9. The summed E-state index contributed by atoms with van der Waals surface area (Å²) in [6, 6.07) is 2.95. The lowest BCUT2D eigenvalue weighted by molar-refractivity contribution is 0.0940. The second-order valence-electron chi connectivity index (χ2n) is 5.44. The van der Waals surface area contributed by atoms with Gasteiger partial charge in [0.1, 0.15) is 0 Å². The van der Waals surface area contributed by atoms with Crippen molar-refractivity contribution in [3.63, 3.8) is 0 Å². The molecule has 1 fully saturated rings. The summed E-state index contributed by atoms with van der Waals surface area (Å²) in [5, 5.41) is 2.77. The molecule has 1 atom stereocenters. The van der Waals surface area contributed by atoms with Gasteiger partial charge in [0.25, 0.3) is 5.91 Å². The van der Waals surface area contributed by atoms with E-state index in [1.807, 2.05) is 0 Å². The topological polar surface area (TPSA) is 81.7 Å². The molecule has 1 aliphatic rings. The first-order valence-corrected chi connectivity index (χ1v) is 9.09. The van der Waals surface area contributed by atoms with Crippen LogP contribution >= 0.6 is 0 Å². The fraction of sp³-hybridized carbons (Fsp3) is 0.438. The van der Waals surface area contributed by atoms with Crippen LogP contribution in [0.3, 0.4) is 0 Å². The van der Waals surface area contributed by atoms with E-state index in [1.165, 1.54) is 14.2 Å². The number of carbonyl (C=O) groups is 1. The highest BCUT2D eigenvalue weighted by atomic mass is 32.2. The van der Waals surface area contributed by atoms with Crippen LogP contribution in [-0.2, 0) is 16.3 Å². The van der Waals surface area contributed by atoms with Gasteiger partial charge >= 0.3 is 0 Å². The van der Waals surface area contributed by atoms with Crippen LogP contribution in [0.5, 0.6) is 11.5 Å². The van der Waals surface area contributed by atoms with Crippen LogP contribution in [0, 0.1) is 0 Å². The van der Waals surface area contributed by atoms with Crippen molar-refractivity contribution >= 4 is 15.7 Å². The van der Waals surface area contributed by atoms with Gasteiger partial charge in [-0.15, -0.1) is 6.58 Å². The number of carbonyl (C=O) groups excluding carboxylic acids is 1. The van der Waals surface area contributed by atoms with E-state index >= 15 is 0 Å². The molecule has 23 heavy (non-hydrogen) atoms. The van der Waals surface area contributed by atoms with Crippen molar-refractivity contribution in [3.05, 3.63) is 35.9 Å². The van der Waals surface area contributed by atoms with E-state index in [1.54, 1.807) is 18.2 Å². The van der Waals surface area contributed by atoms with E-state index < -0.39 is 9.84 Å². The van der Waals surface area contributed by atoms with E-state index in [0.29, 0.717) is 29.9 Å². The number of nitrogens with one attached hydrogen (secondary N) is 1. The molecule has 0 aliphatic carbocycles. The number of hydrogen-bond donors (Lipinski definition) is 1. The first kappa shape index (κ1) is 17.3. The molecular weight excluding hydrogens is 318 g/mol. The van der Waals surface area contributed by atoms with E-state index in [9.17, 15) is 13.2 Å². The Labute approximate surface area is 136 Å². The molecule has 1 N–H and O–H groups in total. The molecule has 1 saturated heterocycles. The number of hydrogen-bond acceptors (Lipinski definition) is 5. The maximum Gasteiger partial charge on any atom is 0.251 e. The normalized spacial score (nSPS) is 19.1. The molecule has 7 heteroatoms. The second-order valence-corrected chi connectivity index (χ2v) is 7.67. The largest absolute Gasteiger partial charge is 0.493 e. The van der Waals surface area contributed by atoms with Gasteiger partial charge in [0, 0.05) is 17.2 Å². The van der Waals surface area contributed by atoms with E-state index in [4.69, 9.17) is 9.47 Å². The molecule has 0 spiro atoms. The quantitative estimate of drug-likeness (QED) is 0.791. The third kappa shape index (κ3) is 4.04. The minimum Gasteiger partial charge on any atom is -0.493 e. The zero-order valence-electron chi connectivity index (χ0n) is 13.3. The molecule has 0 radical (unpaired) electrons. The van der Waals surface area contributed by atoms with Gasteiger partial charge < -0.3 is 14.8 Å². The molecule has 0 aromatic heterocycles. The second kappa shape index (κ2) is 7.04. The Morgan fingerprint density at radius 3 is 2.65 bits per heavy atom. The Hall–Kier alpha value is -2.02. The summed E-state index contributed by atoms with van der Waals surface area (Å²) < 4.78 is 33.6. The first-order valence-electron chi connectivity index (χ1n) is 7.27. The predicted octanol–water partition coefficient (Wildman–Crippen LogP) is 1.35. The molecule has 1 heterocycles. The van der Waals surface area contributed by atoms with Crippen LogP contribution in [0.1, 0.15) is 22.3 Å². The van der Waals surface area contributed by atoms with Crippen LogP contribution in [0.25, 0.3) is 0 Å². The Balaban J connectivity index is 2.26. The summed E-state index contributed by atoms with van der Waals surface area (Å²) in [6.45, 7) is 3.70. The SMILES string of the molecule is C=CCc1cc(C(=O)NC2CCS(=O)(=O)C2)cc(OC)c1OC. The number of sulfone groups is 1. The minimum absolute atomic E-state index is 0.00839. The minimum atomic E-state index is -3.04. The third-order valence-corrected chi connectivity index (χ3v) is 5.52. The van der Waals surface area contributed by atoms with E-state index in [-0.39, 0.29) is 23.5 Å². The molecule has 1 aliphatic heterocycles. The number of amides is 1. The average Bonchev–Trinajstić information content (AvgIpc) is 2.85. The van der Waals surface area contributed by atoms with Gasteiger partial charge in [0.2, 0.25) is 0 Å². The molecule has 1 aromatic carbocycles. The smallest absolute Gasteiger partial charge is 0.251 e. The lowest BCUT2D eigenvalue weighted by Crippen LogP contribution is -2.35. The number of methoxy groups -OCH3 is 2. The van der Waals surface area contributed by atoms with Crippen molar-refractivity contribution in [1.82, 2.24) is 5.32 Å². The van der Waals surface area contributed by atoms with Crippen molar-refractivity contribution in [2.75, 3.05) is 25.7 Å². The summed E-state index contributed by atoms with van der Waals surface area (Å²) in [5.74, 6) is 0.804. The van der Waals surface area contributed by atoms with Crippen LogP contribution in [0.4, 0.5) is 0 Å². The Morgan fingerprint density at radius 2 is 2.13 bits per heavy atom. The van der Waals surface area contributed by atoms with Gasteiger partial charge in [0.15, 0.2) is 21.3 Å². The zero-order valence-corrected chi connectivity index (χ0v) is 14.1.